The summed E-state index contributed by atoms with van der Waals surface area (Å²) in [7, 11) is 2.17. The molecule has 0 fully saturated rings. The van der Waals surface area contributed by atoms with E-state index in [-0.39, 0.29) is 0 Å². The van der Waals surface area contributed by atoms with E-state index in [9.17, 15) is 0 Å². The Hall–Kier alpha value is -1.66. The second kappa shape index (κ2) is 6.69. The van der Waals surface area contributed by atoms with Crippen molar-refractivity contribution < 1.29 is 4.52 Å². The molecule has 0 saturated carbocycles. The molecule has 0 radical (unpaired) electrons. The van der Waals surface area contributed by atoms with E-state index in [0.29, 0.717) is 12.1 Å². The summed E-state index contributed by atoms with van der Waals surface area (Å²) in [4.78, 5) is 9.55. The summed E-state index contributed by atoms with van der Waals surface area (Å²) >= 11 is 0. The van der Waals surface area contributed by atoms with Crippen LogP contribution in [0.3, 0.4) is 0 Å². The molecule has 3 heterocycles. The average Bonchev–Trinajstić information content (AvgIpc) is 3.08. The van der Waals surface area contributed by atoms with E-state index in [1.165, 1.54) is 17.1 Å². The second-order valence-corrected chi connectivity index (χ2v) is 7.22. The number of nitrogens with zero attached hydrogens (tertiary/aromatic N) is 5. The van der Waals surface area contributed by atoms with Crippen LogP contribution in [0, 0.1) is 13.8 Å². The summed E-state index contributed by atoms with van der Waals surface area (Å²) in [5.41, 5.74) is 3.51. The van der Waals surface area contributed by atoms with Crippen molar-refractivity contribution in [1.82, 2.24) is 24.5 Å². The highest BCUT2D eigenvalue weighted by Gasteiger charge is 2.28. The zero-order valence-electron chi connectivity index (χ0n) is 15.7. The van der Waals surface area contributed by atoms with Crippen molar-refractivity contribution in [3.05, 3.63) is 34.7 Å². The highest BCUT2D eigenvalue weighted by molar-refractivity contribution is 5.21. The molecule has 1 aliphatic rings. The maximum atomic E-state index is 5.31. The molecule has 6 nitrogen and oxygen atoms in total. The molecule has 0 spiro atoms. The number of hydrogen-bond acceptors (Lipinski definition) is 5. The van der Waals surface area contributed by atoms with Crippen molar-refractivity contribution in [3.63, 3.8) is 0 Å². The molecule has 2 aromatic rings. The van der Waals surface area contributed by atoms with Gasteiger partial charge in [0.2, 0.25) is 0 Å². The van der Waals surface area contributed by atoms with Gasteiger partial charge >= 0.3 is 0 Å². The van der Waals surface area contributed by atoms with Crippen LogP contribution in [0.1, 0.15) is 55.3 Å². The monoisotopic (exact) mass is 331 g/mol. The van der Waals surface area contributed by atoms with Crippen LogP contribution < -0.4 is 0 Å². The maximum Gasteiger partial charge on any atom is 0.138 e. The lowest BCUT2D eigenvalue weighted by Crippen LogP contribution is -2.38. The number of aromatic nitrogens is 3. The lowest BCUT2D eigenvalue weighted by Gasteiger charge is -2.34. The minimum absolute atomic E-state index is 0.297. The third kappa shape index (κ3) is 3.13. The van der Waals surface area contributed by atoms with Crippen molar-refractivity contribution in [1.29, 1.82) is 0 Å². The first-order valence-corrected chi connectivity index (χ1v) is 8.78. The molecule has 24 heavy (non-hydrogen) atoms. The zero-order chi connectivity index (χ0) is 17.4. The first-order chi connectivity index (χ1) is 11.4. The lowest BCUT2D eigenvalue weighted by atomic mass is 10.1. The molecule has 0 bridgehead atoms. The zero-order valence-corrected chi connectivity index (χ0v) is 15.7. The molecule has 0 aromatic carbocycles. The average molecular weight is 331 g/mol. The first-order valence-electron chi connectivity index (χ1n) is 8.78. The molecular weight excluding hydrogens is 302 g/mol. The normalized spacial score (nSPS) is 18.6. The van der Waals surface area contributed by atoms with Crippen LogP contribution in [-0.4, -0.2) is 44.1 Å². The van der Waals surface area contributed by atoms with Crippen molar-refractivity contribution >= 4 is 0 Å². The molecule has 132 valence electrons. The summed E-state index contributed by atoms with van der Waals surface area (Å²) < 4.78 is 7.70. The minimum atomic E-state index is 0.297. The minimum Gasteiger partial charge on any atom is -0.361 e. The largest absolute Gasteiger partial charge is 0.361 e. The van der Waals surface area contributed by atoms with Crippen LogP contribution in [0.25, 0.3) is 0 Å². The summed E-state index contributed by atoms with van der Waals surface area (Å²) in [6.07, 6.45) is 2.05. The summed E-state index contributed by atoms with van der Waals surface area (Å²) in [5, 5.41) is 4.08. The predicted octanol–water partition coefficient (Wildman–Crippen LogP) is 2.90. The molecule has 1 aliphatic heterocycles. The predicted molar refractivity (Wildman–Crippen MR) is 93.6 cm³/mol. The van der Waals surface area contributed by atoms with Crippen LogP contribution in [0.2, 0.25) is 0 Å². The maximum absolute atomic E-state index is 5.31. The van der Waals surface area contributed by atoms with Crippen molar-refractivity contribution in [3.8, 4) is 0 Å². The molecule has 0 N–H and O–H groups in total. The Morgan fingerprint density at radius 1 is 1.33 bits per heavy atom. The third-order valence-electron chi connectivity index (χ3n) is 5.34. The molecule has 0 aliphatic carbocycles. The van der Waals surface area contributed by atoms with E-state index in [2.05, 4.69) is 47.3 Å². The van der Waals surface area contributed by atoms with Crippen molar-refractivity contribution in [2.75, 3.05) is 13.6 Å². The number of fused-ring (bicyclic) bond motifs is 1. The number of rotatable bonds is 5. The van der Waals surface area contributed by atoms with Crippen LogP contribution in [0.4, 0.5) is 0 Å². The lowest BCUT2D eigenvalue weighted by molar-refractivity contribution is 0.151. The summed E-state index contributed by atoms with van der Waals surface area (Å²) in [5.74, 6) is 2.09. The van der Waals surface area contributed by atoms with Gasteiger partial charge in [-0.25, -0.2) is 4.98 Å². The van der Waals surface area contributed by atoms with E-state index < -0.39 is 0 Å². The standard InChI is InChI=1S/C18H29N5O/c1-12(2)21(6)10-16-9-19-18-14(4)22(7-8-23(16)18)11-17-13(3)20-24-15(17)5/h9,12,14H,7-8,10-11H2,1-6H3. The van der Waals surface area contributed by atoms with Gasteiger partial charge in [-0.05, 0) is 41.7 Å². The summed E-state index contributed by atoms with van der Waals surface area (Å²) in [6, 6.07) is 0.832. The van der Waals surface area contributed by atoms with Gasteiger partial charge < -0.3 is 9.09 Å². The molecule has 0 saturated heterocycles. The Kier molecular flexibility index (Phi) is 4.78. The Balaban J connectivity index is 1.77. The van der Waals surface area contributed by atoms with Crippen molar-refractivity contribution in [2.24, 2.45) is 0 Å². The van der Waals surface area contributed by atoms with E-state index >= 15 is 0 Å². The fourth-order valence-electron chi connectivity index (χ4n) is 3.32. The smallest absolute Gasteiger partial charge is 0.138 e. The van der Waals surface area contributed by atoms with Gasteiger partial charge in [-0.1, -0.05) is 5.16 Å². The van der Waals surface area contributed by atoms with Crippen LogP contribution in [0.15, 0.2) is 10.7 Å². The number of hydrogen-bond donors (Lipinski definition) is 0. The molecular formula is C18H29N5O. The number of imidazole rings is 1. The molecule has 6 heteroatoms. The van der Waals surface area contributed by atoms with E-state index in [4.69, 9.17) is 9.51 Å². The van der Waals surface area contributed by atoms with Gasteiger partial charge in [0.1, 0.15) is 11.6 Å². The molecule has 1 atom stereocenters. The summed E-state index contributed by atoms with van der Waals surface area (Å²) in [6.45, 7) is 14.5. The van der Waals surface area contributed by atoms with Crippen LogP contribution in [0.5, 0.6) is 0 Å². The fraction of sp³-hybridized carbons (Fsp3) is 0.667. The molecule has 3 rings (SSSR count). The van der Waals surface area contributed by atoms with Gasteiger partial charge in [-0.15, -0.1) is 0 Å². The van der Waals surface area contributed by atoms with E-state index in [1.54, 1.807) is 0 Å². The Morgan fingerprint density at radius 3 is 2.71 bits per heavy atom. The molecule has 0 amide bonds. The second-order valence-electron chi connectivity index (χ2n) is 7.22. The Morgan fingerprint density at radius 2 is 2.08 bits per heavy atom. The van der Waals surface area contributed by atoms with Gasteiger partial charge in [0.15, 0.2) is 0 Å². The molecule has 2 aromatic heterocycles. The first kappa shape index (κ1) is 17.2. The quantitative estimate of drug-likeness (QED) is 0.843. The Bertz CT molecular complexity index is 683. The van der Waals surface area contributed by atoms with Gasteiger partial charge in [0.05, 0.1) is 17.4 Å². The fourth-order valence-corrected chi connectivity index (χ4v) is 3.32. The topological polar surface area (TPSA) is 50.3 Å². The van der Waals surface area contributed by atoms with Gasteiger partial charge in [0, 0.05) is 44.0 Å². The number of aryl methyl sites for hydroxylation is 2. The van der Waals surface area contributed by atoms with E-state index in [0.717, 1.165) is 37.6 Å². The van der Waals surface area contributed by atoms with Crippen molar-refractivity contribution in [2.45, 2.75) is 66.3 Å². The van der Waals surface area contributed by atoms with Crippen LogP contribution in [-0.2, 0) is 19.6 Å². The van der Waals surface area contributed by atoms with E-state index in [1.807, 2.05) is 20.0 Å². The Labute approximate surface area is 144 Å². The van der Waals surface area contributed by atoms with Gasteiger partial charge in [0.25, 0.3) is 0 Å². The SMILES string of the molecule is Cc1noc(C)c1CN1CCn2c(CN(C)C(C)C)cnc2C1C. The van der Waals surface area contributed by atoms with Gasteiger partial charge in [-0.2, -0.15) is 0 Å². The molecule has 1 unspecified atom stereocenters. The highest BCUT2D eigenvalue weighted by atomic mass is 16.5. The third-order valence-corrected chi connectivity index (χ3v) is 5.34. The highest BCUT2D eigenvalue weighted by Crippen LogP contribution is 2.28. The van der Waals surface area contributed by atoms with Gasteiger partial charge in [-0.3, -0.25) is 9.80 Å². The van der Waals surface area contributed by atoms with Crippen LogP contribution >= 0.6 is 0 Å².